The van der Waals surface area contributed by atoms with Crippen LogP contribution in [0.4, 0.5) is 5.69 Å². The molecule has 0 spiro atoms. The third-order valence-corrected chi connectivity index (χ3v) is 5.05. The van der Waals surface area contributed by atoms with Crippen LogP contribution in [0.5, 0.6) is 5.75 Å². The van der Waals surface area contributed by atoms with E-state index in [9.17, 15) is 9.59 Å². The minimum absolute atomic E-state index is 0.0588. The molecule has 0 radical (unpaired) electrons. The van der Waals surface area contributed by atoms with Crippen molar-refractivity contribution >= 4 is 34.8 Å². The molecule has 158 valence electrons. The fraction of sp³-hybridized carbons (Fsp3) is 0.348. The van der Waals surface area contributed by atoms with E-state index in [1.165, 1.54) is 6.42 Å². The zero-order chi connectivity index (χ0) is 21.3. The number of likely N-dealkylation sites (tertiary alicyclic amines) is 1. The van der Waals surface area contributed by atoms with E-state index < -0.39 is 0 Å². The minimum Gasteiger partial charge on any atom is -0.494 e. The molecule has 6 nitrogen and oxygen atoms in total. The third kappa shape index (κ3) is 6.03. The van der Waals surface area contributed by atoms with E-state index in [1.54, 1.807) is 48.5 Å². The van der Waals surface area contributed by atoms with Crippen LogP contribution in [-0.2, 0) is 0 Å². The highest BCUT2D eigenvalue weighted by Gasteiger charge is 2.18. The van der Waals surface area contributed by atoms with Crippen LogP contribution in [0.1, 0.15) is 53.3 Å². The Bertz CT molecular complexity index is 876. The molecule has 1 aliphatic rings. The fourth-order valence-corrected chi connectivity index (χ4v) is 3.45. The van der Waals surface area contributed by atoms with Crippen LogP contribution in [0.2, 0.25) is 0 Å². The molecular formula is C23H27N3O3S. The quantitative estimate of drug-likeness (QED) is 0.678. The second kappa shape index (κ2) is 10.7. The number of nitrogens with zero attached hydrogens (tertiary/aromatic N) is 1. The number of ether oxygens (including phenoxy) is 1. The fourth-order valence-electron chi connectivity index (χ4n) is 3.24. The molecule has 1 heterocycles. The van der Waals surface area contributed by atoms with Crippen LogP contribution in [0.15, 0.2) is 48.5 Å². The third-order valence-electron chi connectivity index (χ3n) is 4.85. The second-order valence-electron chi connectivity index (χ2n) is 7.21. The number of carbonyl (C=O) groups excluding carboxylic acids is 2. The van der Waals surface area contributed by atoms with E-state index >= 15 is 0 Å². The Hall–Kier alpha value is -2.93. The molecule has 2 aromatic rings. The van der Waals surface area contributed by atoms with Crippen molar-refractivity contribution in [2.24, 2.45) is 0 Å². The van der Waals surface area contributed by atoms with Crippen LogP contribution < -0.4 is 15.4 Å². The molecule has 0 aliphatic carbocycles. The van der Waals surface area contributed by atoms with Crippen LogP contribution in [0.3, 0.4) is 0 Å². The minimum atomic E-state index is -0.300. The number of rotatable bonds is 6. The van der Waals surface area contributed by atoms with Crippen LogP contribution in [0, 0.1) is 0 Å². The Kier molecular flexibility index (Phi) is 7.79. The summed E-state index contributed by atoms with van der Waals surface area (Å²) in [7, 11) is 0. The van der Waals surface area contributed by atoms with Gasteiger partial charge in [-0.2, -0.15) is 0 Å². The number of thiocarbonyl (C=S) groups is 1. The summed E-state index contributed by atoms with van der Waals surface area (Å²) >= 11 is 5.24. The molecule has 0 saturated carbocycles. The zero-order valence-corrected chi connectivity index (χ0v) is 18.0. The van der Waals surface area contributed by atoms with E-state index in [4.69, 9.17) is 17.0 Å². The molecule has 2 amide bonds. The number of hydrogen-bond donors (Lipinski definition) is 2. The summed E-state index contributed by atoms with van der Waals surface area (Å²) in [5.41, 5.74) is 1.85. The topological polar surface area (TPSA) is 70.7 Å². The number of benzene rings is 2. The lowest BCUT2D eigenvalue weighted by molar-refractivity contribution is 0.0724. The predicted molar refractivity (Wildman–Crippen MR) is 122 cm³/mol. The number of piperidine rings is 1. The molecule has 1 saturated heterocycles. The van der Waals surface area contributed by atoms with Gasteiger partial charge in [0.2, 0.25) is 0 Å². The van der Waals surface area contributed by atoms with Gasteiger partial charge >= 0.3 is 0 Å². The molecule has 30 heavy (non-hydrogen) atoms. The van der Waals surface area contributed by atoms with Gasteiger partial charge in [0, 0.05) is 29.9 Å². The van der Waals surface area contributed by atoms with Gasteiger partial charge in [0.05, 0.1) is 6.61 Å². The lowest BCUT2D eigenvalue weighted by Gasteiger charge is -2.26. The lowest BCUT2D eigenvalue weighted by atomic mass is 10.1. The second-order valence-corrected chi connectivity index (χ2v) is 7.62. The van der Waals surface area contributed by atoms with Crippen molar-refractivity contribution in [1.82, 2.24) is 10.2 Å². The van der Waals surface area contributed by atoms with Crippen LogP contribution >= 0.6 is 12.2 Å². The first kappa shape index (κ1) is 21.8. The monoisotopic (exact) mass is 425 g/mol. The van der Waals surface area contributed by atoms with Crippen molar-refractivity contribution in [2.75, 3.05) is 25.0 Å². The highest BCUT2D eigenvalue weighted by atomic mass is 32.1. The van der Waals surface area contributed by atoms with Gasteiger partial charge in [0.15, 0.2) is 5.11 Å². The largest absolute Gasteiger partial charge is 0.494 e. The van der Waals surface area contributed by atoms with E-state index in [2.05, 4.69) is 10.6 Å². The molecular weight excluding hydrogens is 398 g/mol. The Labute approximate surface area is 182 Å². The normalized spacial score (nSPS) is 13.4. The zero-order valence-electron chi connectivity index (χ0n) is 17.1. The average molecular weight is 426 g/mol. The molecule has 2 aromatic carbocycles. The summed E-state index contributed by atoms with van der Waals surface area (Å²) < 4.78 is 5.52. The Morgan fingerprint density at radius 2 is 1.60 bits per heavy atom. The van der Waals surface area contributed by atoms with E-state index in [1.807, 2.05) is 11.8 Å². The smallest absolute Gasteiger partial charge is 0.257 e. The highest BCUT2D eigenvalue weighted by Crippen LogP contribution is 2.16. The summed E-state index contributed by atoms with van der Waals surface area (Å²) in [6.45, 7) is 4.32. The maximum Gasteiger partial charge on any atom is 0.257 e. The van der Waals surface area contributed by atoms with Gasteiger partial charge in [-0.15, -0.1) is 0 Å². The molecule has 1 aliphatic heterocycles. The average Bonchev–Trinajstić information content (AvgIpc) is 2.78. The summed E-state index contributed by atoms with van der Waals surface area (Å²) in [5.74, 6) is 0.489. The molecule has 7 heteroatoms. The molecule has 0 bridgehead atoms. The standard InChI is InChI=1S/C23H27N3O3S/c1-2-16-29-20-12-8-17(9-13-20)21(27)25-23(30)24-19-10-6-18(7-11-19)22(28)26-14-4-3-5-15-26/h6-13H,2-5,14-16H2,1H3,(H2,24,25,27,30). The summed E-state index contributed by atoms with van der Waals surface area (Å²) in [6.07, 6.45) is 4.24. The van der Waals surface area contributed by atoms with E-state index in [-0.39, 0.29) is 16.9 Å². The maximum atomic E-state index is 12.5. The number of amides is 2. The van der Waals surface area contributed by atoms with Crippen molar-refractivity contribution in [1.29, 1.82) is 0 Å². The number of carbonyl (C=O) groups is 2. The van der Waals surface area contributed by atoms with Gasteiger partial charge in [-0.25, -0.2) is 0 Å². The van der Waals surface area contributed by atoms with E-state index in [0.717, 1.165) is 38.1 Å². The molecule has 1 fully saturated rings. The number of nitrogens with one attached hydrogen (secondary N) is 2. The molecule has 3 rings (SSSR count). The Balaban J connectivity index is 1.51. The number of anilines is 1. The molecule has 0 aromatic heterocycles. The Morgan fingerprint density at radius 1 is 0.967 bits per heavy atom. The first-order valence-electron chi connectivity index (χ1n) is 10.3. The van der Waals surface area contributed by atoms with Gasteiger partial charge in [-0.1, -0.05) is 6.92 Å². The SMILES string of the molecule is CCCOc1ccc(C(=O)NC(=S)Nc2ccc(C(=O)N3CCCCC3)cc2)cc1. The van der Waals surface area contributed by atoms with E-state index in [0.29, 0.717) is 23.4 Å². The first-order valence-corrected chi connectivity index (χ1v) is 10.7. The van der Waals surface area contributed by atoms with Gasteiger partial charge in [-0.05, 0) is 86.4 Å². The van der Waals surface area contributed by atoms with Gasteiger partial charge in [0.1, 0.15) is 5.75 Å². The van der Waals surface area contributed by atoms with Crippen LogP contribution in [0.25, 0.3) is 0 Å². The van der Waals surface area contributed by atoms with Crippen molar-refractivity contribution in [2.45, 2.75) is 32.6 Å². The van der Waals surface area contributed by atoms with Crippen LogP contribution in [-0.4, -0.2) is 41.5 Å². The first-order chi connectivity index (χ1) is 14.6. The van der Waals surface area contributed by atoms with Gasteiger partial charge in [-0.3, -0.25) is 14.9 Å². The summed E-state index contributed by atoms with van der Waals surface area (Å²) in [5, 5.41) is 5.84. The van der Waals surface area contributed by atoms with Crippen molar-refractivity contribution < 1.29 is 14.3 Å². The maximum absolute atomic E-state index is 12.5. The summed E-state index contributed by atoms with van der Waals surface area (Å²) in [6, 6.07) is 14.1. The van der Waals surface area contributed by atoms with Crippen molar-refractivity contribution in [3.63, 3.8) is 0 Å². The molecule has 0 unspecified atom stereocenters. The molecule has 0 atom stereocenters. The predicted octanol–water partition coefficient (Wildman–Crippen LogP) is 4.23. The van der Waals surface area contributed by atoms with Crippen molar-refractivity contribution in [3.8, 4) is 5.75 Å². The van der Waals surface area contributed by atoms with Gasteiger partial charge < -0.3 is 15.0 Å². The number of hydrogen-bond acceptors (Lipinski definition) is 4. The summed E-state index contributed by atoms with van der Waals surface area (Å²) in [4.78, 5) is 26.8. The molecule has 2 N–H and O–H groups in total. The lowest BCUT2D eigenvalue weighted by Crippen LogP contribution is -2.35. The van der Waals surface area contributed by atoms with Gasteiger partial charge in [0.25, 0.3) is 11.8 Å². The van der Waals surface area contributed by atoms with Crippen molar-refractivity contribution in [3.05, 3.63) is 59.7 Å². The highest BCUT2D eigenvalue weighted by molar-refractivity contribution is 7.80. The Morgan fingerprint density at radius 3 is 2.23 bits per heavy atom.